The second-order valence-corrected chi connectivity index (χ2v) is 6.60. The molecule has 4 nitrogen and oxygen atoms in total. The fraction of sp³-hybridized carbons (Fsp3) is 0.462. The van der Waals surface area contributed by atoms with Crippen LogP contribution in [0.25, 0.3) is 0 Å². The van der Waals surface area contributed by atoms with E-state index >= 15 is 0 Å². The van der Waals surface area contributed by atoms with Crippen LogP contribution in [-0.4, -0.2) is 26.3 Å². The Hall–Kier alpha value is -1.38. The summed E-state index contributed by atoms with van der Waals surface area (Å²) >= 11 is 0. The van der Waals surface area contributed by atoms with Gasteiger partial charge in [0.25, 0.3) is 0 Å². The summed E-state index contributed by atoms with van der Waals surface area (Å²) in [5.41, 5.74) is 1.62. The van der Waals surface area contributed by atoms with Crippen molar-refractivity contribution >= 4 is 10.0 Å². The van der Waals surface area contributed by atoms with Gasteiger partial charge in [-0.1, -0.05) is 12.1 Å². The standard InChI is InChI=1S/C13H18N2O2S/c1-10-5-6-12(3)13(7-10)18(16,17)15(4)9-11(2)8-14/h5-7,11H,9H2,1-4H3. The van der Waals surface area contributed by atoms with Gasteiger partial charge in [-0.15, -0.1) is 0 Å². The molecule has 1 rings (SSSR count). The maximum absolute atomic E-state index is 12.4. The molecule has 0 N–H and O–H groups in total. The minimum Gasteiger partial charge on any atom is -0.207 e. The molecule has 0 aliphatic rings. The molecule has 0 saturated carbocycles. The monoisotopic (exact) mass is 266 g/mol. The SMILES string of the molecule is Cc1ccc(C)c(S(=O)(=O)N(C)CC(C)C#N)c1. The van der Waals surface area contributed by atoms with E-state index in [1.807, 2.05) is 19.1 Å². The van der Waals surface area contributed by atoms with Gasteiger partial charge in [-0.3, -0.25) is 0 Å². The zero-order valence-electron chi connectivity index (χ0n) is 11.1. The van der Waals surface area contributed by atoms with Crippen molar-refractivity contribution in [1.29, 1.82) is 5.26 Å². The van der Waals surface area contributed by atoms with Crippen molar-refractivity contribution in [2.75, 3.05) is 13.6 Å². The van der Waals surface area contributed by atoms with Crippen LogP contribution in [0.1, 0.15) is 18.1 Å². The first kappa shape index (κ1) is 14.7. The van der Waals surface area contributed by atoms with Crippen molar-refractivity contribution in [2.24, 2.45) is 5.92 Å². The largest absolute Gasteiger partial charge is 0.243 e. The van der Waals surface area contributed by atoms with E-state index in [2.05, 4.69) is 0 Å². The van der Waals surface area contributed by atoms with Crippen LogP contribution in [0.4, 0.5) is 0 Å². The highest BCUT2D eigenvalue weighted by molar-refractivity contribution is 7.89. The molecule has 0 aliphatic heterocycles. The summed E-state index contributed by atoms with van der Waals surface area (Å²) in [6.07, 6.45) is 0. The van der Waals surface area contributed by atoms with Crippen molar-refractivity contribution in [2.45, 2.75) is 25.7 Å². The first-order chi connectivity index (χ1) is 8.28. The number of sulfonamides is 1. The lowest BCUT2D eigenvalue weighted by Gasteiger charge is -2.19. The van der Waals surface area contributed by atoms with Crippen molar-refractivity contribution in [3.05, 3.63) is 29.3 Å². The maximum atomic E-state index is 12.4. The molecule has 0 bridgehead atoms. The molecule has 0 saturated heterocycles. The third-order valence-corrected chi connectivity index (χ3v) is 4.75. The first-order valence-corrected chi connectivity index (χ1v) is 7.16. The molecule has 1 atom stereocenters. The number of nitriles is 1. The minimum atomic E-state index is -3.52. The second-order valence-electron chi connectivity index (χ2n) is 4.58. The molecule has 18 heavy (non-hydrogen) atoms. The highest BCUT2D eigenvalue weighted by atomic mass is 32.2. The quantitative estimate of drug-likeness (QED) is 0.838. The number of aryl methyl sites for hydroxylation is 2. The summed E-state index contributed by atoms with van der Waals surface area (Å²) in [6, 6.07) is 7.38. The lowest BCUT2D eigenvalue weighted by molar-refractivity contribution is 0.438. The first-order valence-electron chi connectivity index (χ1n) is 5.72. The molecule has 0 aromatic heterocycles. The zero-order valence-corrected chi connectivity index (χ0v) is 12.0. The van der Waals surface area contributed by atoms with Crippen LogP contribution in [0.5, 0.6) is 0 Å². The van der Waals surface area contributed by atoms with Crippen molar-refractivity contribution in [1.82, 2.24) is 4.31 Å². The van der Waals surface area contributed by atoms with Gasteiger partial charge in [-0.05, 0) is 38.0 Å². The van der Waals surface area contributed by atoms with Gasteiger partial charge in [0.2, 0.25) is 10.0 Å². The molecule has 0 aliphatic carbocycles. The summed E-state index contributed by atoms with van der Waals surface area (Å²) < 4.78 is 26.0. The Kier molecular flexibility index (Phi) is 4.49. The van der Waals surface area contributed by atoms with Gasteiger partial charge in [-0.25, -0.2) is 8.42 Å². The van der Waals surface area contributed by atoms with E-state index in [-0.39, 0.29) is 12.5 Å². The van der Waals surface area contributed by atoms with Crippen LogP contribution < -0.4 is 0 Å². The lowest BCUT2D eigenvalue weighted by atomic mass is 10.2. The van der Waals surface area contributed by atoms with Gasteiger partial charge in [0.05, 0.1) is 16.9 Å². The maximum Gasteiger partial charge on any atom is 0.243 e. The average Bonchev–Trinajstić information content (AvgIpc) is 2.31. The van der Waals surface area contributed by atoms with Crippen LogP contribution in [0, 0.1) is 31.1 Å². The Morgan fingerprint density at radius 1 is 1.39 bits per heavy atom. The molecule has 0 spiro atoms. The van der Waals surface area contributed by atoms with Crippen LogP contribution in [0.15, 0.2) is 23.1 Å². The van der Waals surface area contributed by atoms with Crippen molar-refractivity contribution < 1.29 is 8.42 Å². The van der Waals surface area contributed by atoms with E-state index in [1.54, 1.807) is 26.0 Å². The second kappa shape index (κ2) is 5.51. The topological polar surface area (TPSA) is 61.2 Å². The smallest absolute Gasteiger partial charge is 0.207 e. The fourth-order valence-electron chi connectivity index (χ4n) is 1.68. The van der Waals surface area contributed by atoms with E-state index in [0.717, 1.165) is 11.1 Å². The Labute approximate surface area is 109 Å². The Bertz CT molecular complexity index is 573. The molecule has 1 aromatic carbocycles. The molecule has 1 aromatic rings. The third kappa shape index (κ3) is 3.09. The highest BCUT2D eigenvalue weighted by Crippen LogP contribution is 2.20. The summed E-state index contributed by atoms with van der Waals surface area (Å²) in [5, 5.41) is 8.75. The predicted octanol–water partition coefficient (Wildman–Crippen LogP) is 2.08. The normalized spacial score (nSPS) is 13.3. The van der Waals surface area contributed by atoms with Crippen LogP contribution in [-0.2, 0) is 10.0 Å². The van der Waals surface area contributed by atoms with E-state index in [4.69, 9.17) is 5.26 Å². The van der Waals surface area contributed by atoms with E-state index in [9.17, 15) is 8.42 Å². The molecular formula is C13H18N2O2S. The third-order valence-electron chi connectivity index (χ3n) is 2.78. The van der Waals surface area contributed by atoms with E-state index in [0.29, 0.717) is 4.90 Å². The van der Waals surface area contributed by atoms with Crippen LogP contribution >= 0.6 is 0 Å². The Morgan fingerprint density at radius 2 is 2.00 bits per heavy atom. The van der Waals surface area contributed by atoms with E-state index < -0.39 is 10.0 Å². The number of benzene rings is 1. The van der Waals surface area contributed by atoms with Gasteiger partial charge in [0, 0.05) is 13.6 Å². The van der Waals surface area contributed by atoms with Gasteiger partial charge < -0.3 is 0 Å². The van der Waals surface area contributed by atoms with Crippen molar-refractivity contribution in [3.8, 4) is 6.07 Å². The van der Waals surface area contributed by atoms with Gasteiger partial charge in [0.1, 0.15) is 0 Å². The molecule has 98 valence electrons. The molecule has 0 fully saturated rings. The number of hydrogen-bond donors (Lipinski definition) is 0. The highest BCUT2D eigenvalue weighted by Gasteiger charge is 2.24. The van der Waals surface area contributed by atoms with Gasteiger partial charge in [0.15, 0.2) is 0 Å². The average molecular weight is 266 g/mol. The molecule has 5 heteroatoms. The van der Waals surface area contributed by atoms with Gasteiger partial charge >= 0.3 is 0 Å². The molecular weight excluding hydrogens is 248 g/mol. The summed E-state index contributed by atoms with van der Waals surface area (Å²) in [4.78, 5) is 0.315. The molecule has 0 radical (unpaired) electrons. The molecule has 1 unspecified atom stereocenters. The summed E-state index contributed by atoms with van der Waals surface area (Å²) in [5.74, 6) is -0.324. The number of nitrogens with zero attached hydrogens (tertiary/aromatic N) is 2. The Balaban J connectivity index is 3.14. The molecule has 0 heterocycles. The fourth-order valence-corrected chi connectivity index (χ4v) is 3.24. The number of hydrogen-bond acceptors (Lipinski definition) is 3. The zero-order chi connectivity index (χ0) is 13.9. The lowest BCUT2D eigenvalue weighted by Crippen LogP contribution is -2.31. The molecule has 0 amide bonds. The summed E-state index contributed by atoms with van der Waals surface area (Å²) in [7, 11) is -2.01. The van der Waals surface area contributed by atoms with Crippen LogP contribution in [0.2, 0.25) is 0 Å². The summed E-state index contributed by atoms with van der Waals surface area (Å²) in [6.45, 7) is 5.53. The van der Waals surface area contributed by atoms with E-state index in [1.165, 1.54) is 11.4 Å². The Morgan fingerprint density at radius 3 is 2.56 bits per heavy atom. The van der Waals surface area contributed by atoms with Gasteiger partial charge in [-0.2, -0.15) is 9.57 Å². The van der Waals surface area contributed by atoms with Crippen LogP contribution in [0.3, 0.4) is 0 Å². The van der Waals surface area contributed by atoms with Crippen molar-refractivity contribution in [3.63, 3.8) is 0 Å². The minimum absolute atomic E-state index is 0.201. The predicted molar refractivity (Wildman–Crippen MR) is 70.5 cm³/mol. The number of rotatable bonds is 4.